The molecule has 0 aromatic heterocycles. The van der Waals surface area contributed by atoms with Crippen LogP contribution < -0.4 is 11.1 Å². The average Bonchev–Trinajstić information content (AvgIpc) is 2.59. The number of amides is 1. The van der Waals surface area contributed by atoms with E-state index in [1.165, 1.54) is 0 Å². The number of carbonyl (C=O) groups is 1. The van der Waals surface area contributed by atoms with Gasteiger partial charge in [-0.3, -0.25) is 4.79 Å². The number of rotatable bonds is 6. The van der Waals surface area contributed by atoms with Crippen molar-refractivity contribution in [1.82, 2.24) is 5.32 Å². The van der Waals surface area contributed by atoms with Crippen LogP contribution in [-0.2, 0) is 4.79 Å². The standard InChI is InChI=1S/C15H30N2O/c1-10(2)7-11(9-16)8-12(18)17-13-14(3,4)15(13,5)6/h10-11,13H,7-9,16H2,1-6H3,(H,17,18). The molecule has 106 valence electrons. The zero-order valence-corrected chi connectivity index (χ0v) is 12.8. The largest absolute Gasteiger partial charge is 0.352 e. The lowest BCUT2D eigenvalue weighted by Gasteiger charge is -2.17. The average molecular weight is 254 g/mol. The van der Waals surface area contributed by atoms with E-state index in [9.17, 15) is 4.79 Å². The minimum atomic E-state index is 0.162. The van der Waals surface area contributed by atoms with E-state index in [-0.39, 0.29) is 16.7 Å². The van der Waals surface area contributed by atoms with Crippen LogP contribution in [0.4, 0.5) is 0 Å². The maximum Gasteiger partial charge on any atom is 0.220 e. The molecule has 1 atom stereocenters. The number of nitrogens with one attached hydrogen (secondary N) is 1. The SMILES string of the molecule is CC(C)CC(CN)CC(=O)NC1C(C)(C)C1(C)C. The molecule has 1 aliphatic carbocycles. The summed E-state index contributed by atoms with van der Waals surface area (Å²) < 4.78 is 0. The quantitative estimate of drug-likeness (QED) is 0.765. The molecule has 0 saturated heterocycles. The van der Waals surface area contributed by atoms with Gasteiger partial charge in [0.25, 0.3) is 0 Å². The second-order valence-electron chi connectivity index (χ2n) is 7.38. The summed E-state index contributed by atoms with van der Waals surface area (Å²) in [6.07, 6.45) is 1.60. The lowest BCUT2D eigenvalue weighted by Crippen LogP contribution is -2.33. The van der Waals surface area contributed by atoms with Crippen LogP contribution in [0.3, 0.4) is 0 Å². The Morgan fingerprint density at radius 2 is 1.72 bits per heavy atom. The highest BCUT2D eigenvalue weighted by atomic mass is 16.1. The van der Waals surface area contributed by atoms with E-state index in [1.807, 2.05) is 0 Å². The fraction of sp³-hybridized carbons (Fsp3) is 0.933. The fourth-order valence-corrected chi connectivity index (χ4v) is 2.97. The molecule has 1 amide bonds. The van der Waals surface area contributed by atoms with E-state index >= 15 is 0 Å². The number of nitrogens with two attached hydrogens (primary N) is 1. The van der Waals surface area contributed by atoms with E-state index in [0.717, 1.165) is 6.42 Å². The van der Waals surface area contributed by atoms with Gasteiger partial charge in [-0.25, -0.2) is 0 Å². The molecule has 3 heteroatoms. The molecule has 0 radical (unpaired) electrons. The second-order valence-corrected chi connectivity index (χ2v) is 7.38. The van der Waals surface area contributed by atoms with Gasteiger partial charge >= 0.3 is 0 Å². The second kappa shape index (κ2) is 5.20. The molecule has 1 unspecified atom stereocenters. The van der Waals surface area contributed by atoms with Crippen molar-refractivity contribution >= 4 is 5.91 Å². The molecule has 0 heterocycles. The first kappa shape index (κ1) is 15.5. The van der Waals surface area contributed by atoms with Crippen molar-refractivity contribution in [3.63, 3.8) is 0 Å². The fourth-order valence-electron chi connectivity index (χ4n) is 2.97. The number of carbonyl (C=O) groups excluding carboxylic acids is 1. The maximum atomic E-state index is 12.1. The molecule has 1 saturated carbocycles. The van der Waals surface area contributed by atoms with Gasteiger partial charge in [0.05, 0.1) is 0 Å². The van der Waals surface area contributed by atoms with Crippen LogP contribution >= 0.6 is 0 Å². The van der Waals surface area contributed by atoms with Gasteiger partial charge in [0.15, 0.2) is 0 Å². The summed E-state index contributed by atoms with van der Waals surface area (Å²) in [5.41, 5.74) is 6.16. The molecule has 0 aromatic carbocycles. The van der Waals surface area contributed by atoms with Gasteiger partial charge in [-0.2, -0.15) is 0 Å². The molecule has 18 heavy (non-hydrogen) atoms. The van der Waals surface area contributed by atoms with E-state index < -0.39 is 0 Å². The Hall–Kier alpha value is -0.570. The van der Waals surface area contributed by atoms with Gasteiger partial charge in [0, 0.05) is 12.5 Å². The van der Waals surface area contributed by atoms with Crippen molar-refractivity contribution in [3.8, 4) is 0 Å². The Kier molecular flexibility index (Phi) is 4.47. The van der Waals surface area contributed by atoms with E-state index in [1.54, 1.807) is 0 Å². The number of hydrogen-bond donors (Lipinski definition) is 2. The predicted molar refractivity (Wildman–Crippen MR) is 76.1 cm³/mol. The Bertz CT molecular complexity index is 294. The van der Waals surface area contributed by atoms with Crippen LogP contribution in [0.1, 0.15) is 54.4 Å². The first-order chi connectivity index (χ1) is 8.12. The van der Waals surface area contributed by atoms with Crippen LogP contribution in [0.2, 0.25) is 0 Å². The molecule has 0 aliphatic heterocycles. The van der Waals surface area contributed by atoms with Crippen molar-refractivity contribution in [1.29, 1.82) is 0 Å². The highest BCUT2D eigenvalue weighted by Crippen LogP contribution is 2.62. The highest BCUT2D eigenvalue weighted by Gasteiger charge is 2.65. The number of hydrogen-bond acceptors (Lipinski definition) is 2. The summed E-state index contributed by atoms with van der Waals surface area (Å²) >= 11 is 0. The zero-order valence-electron chi connectivity index (χ0n) is 12.8. The molecule has 1 aliphatic rings. The van der Waals surface area contributed by atoms with Crippen LogP contribution in [-0.4, -0.2) is 18.5 Å². The highest BCUT2D eigenvalue weighted by molar-refractivity contribution is 5.77. The molecular weight excluding hydrogens is 224 g/mol. The molecular formula is C15H30N2O. The van der Waals surface area contributed by atoms with Crippen molar-refractivity contribution in [2.24, 2.45) is 28.4 Å². The Balaban J connectivity index is 2.43. The normalized spacial score (nSPS) is 22.9. The molecule has 3 nitrogen and oxygen atoms in total. The lowest BCUT2D eigenvalue weighted by molar-refractivity contribution is -0.122. The molecule has 0 aromatic rings. The summed E-state index contributed by atoms with van der Waals surface area (Å²) in [6.45, 7) is 13.8. The minimum absolute atomic E-state index is 0.162. The van der Waals surface area contributed by atoms with Crippen molar-refractivity contribution in [2.45, 2.75) is 60.4 Å². The molecule has 3 N–H and O–H groups in total. The summed E-state index contributed by atoms with van der Waals surface area (Å²) in [4.78, 5) is 12.1. The summed E-state index contributed by atoms with van der Waals surface area (Å²) in [5, 5.41) is 3.18. The van der Waals surface area contributed by atoms with Gasteiger partial charge in [-0.05, 0) is 35.6 Å². The Morgan fingerprint density at radius 3 is 2.06 bits per heavy atom. The van der Waals surface area contributed by atoms with Gasteiger partial charge in [0.1, 0.15) is 0 Å². The van der Waals surface area contributed by atoms with Crippen molar-refractivity contribution < 1.29 is 4.79 Å². The molecule has 0 spiro atoms. The van der Waals surface area contributed by atoms with E-state index in [0.29, 0.717) is 30.8 Å². The Labute approximate surface area is 112 Å². The van der Waals surface area contributed by atoms with Crippen molar-refractivity contribution in [2.75, 3.05) is 6.54 Å². The van der Waals surface area contributed by atoms with Gasteiger partial charge in [-0.15, -0.1) is 0 Å². The first-order valence-electron chi connectivity index (χ1n) is 7.12. The predicted octanol–water partition coefficient (Wildman–Crippen LogP) is 2.55. The van der Waals surface area contributed by atoms with E-state index in [4.69, 9.17) is 5.73 Å². The molecule has 0 bridgehead atoms. The maximum absolute atomic E-state index is 12.1. The van der Waals surface area contributed by atoms with Crippen LogP contribution in [0.25, 0.3) is 0 Å². The first-order valence-corrected chi connectivity index (χ1v) is 7.12. The molecule has 1 rings (SSSR count). The smallest absolute Gasteiger partial charge is 0.220 e. The van der Waals surface area contributed by atoms with Crippen LogP contribution in [0.5, 0.6) is 0 Å². The van der Waals surface area contributed by atoms with Crippen LogP contribution in [0.15, 0.2) is 0 Å². The van der Waals surface area contributed by atoms with Gasteiger partial charge in [-0.1, -0.05) is 41.5 Å². The molecule has 1 fully saturated rings. The van der Waals surface area contributed by atoms with Crippen molar-refractivity contribution in [3.05, 3.63) is 0 Å². The van der Waals surface area contributed by atoms with E-state index in [2.05, 4.69) is 46.9 Å². The summed E-state index contributed by atoms with van der Waals surface area (Å²) in [6, 6.07) is 0.301. The third kappa shape index (κ3) is 3.05. The van der Waals surface area contributed by atoms with Crippen LogP contribution in [0, 0.1) is 22.7 Å². The minimum Gasteiger partial charge on any atom is -0.352 e. The third-order valence-corrected chi connectivity index (χ3v) is 4.94. The topological polar surface area (TPSA) is 55.1 Å². The third-order valence-electron chi connectivity index (χ3n) is 4.94. The monoisotopic (exact) mass is 254 g/mol. The lowest BCUT2D eigenvalue weighted by atomic mass is 9.94. The Morgan fingerprint density at radius 1 is 1.22 bits per heavy atom. The van der Waals surface area contributed by atoms with Gasteiger partial charge < -0.3 is 11.1 Å². The summed E-state index contributed by atoms with van der Waals surface area (Å²) in [7, 11) is 0. The summed E-state index contributed by atoms with van der Waals surface area (Å²) in [5.74, 6) is 1.07. The van der Waals surface area contributed by atoms with Gasteiger partial charge in [0.2, 0.25) is 5.91 Å². The zero-order chi connectivity index (χ0) is 14.1.